The van der Waals surface area contributed by atoms with Crippen molar-refractivity contribution >= 4 is 11.9 Å². The second kappa shape index (κ2) is 6.35. The zero-order valence-corrected chi connectivity index (χ0v) is 12.4. The summed E-state index contributed by atoms with van der Waals surface area (Å²) < 4.78 is 44.8. The van der Waals surface area contributed by atoms with Crippen molar-refractivity contribution in [1.29, 1.82) is 0 Å². The Hall–Kier alpha value is -2.83. The number of benzene rings is 2. The SMILES string of the molecule is O=C1CCc2cc(OC(=O)c3ccc(F)c(F)c3F)ccc2CN1. The van der Waals surface area contributed by atoms with E-state index in [1.54, 1.807) is 12.1 Å². The number of amides is 1. The lowest BCUT2D eigenvalue weighted by atomic mass is 10.0. The Morgan fingerprint density at radius 3 is 2.58 bits per heavy atom. The molecular formula is C17H12F3NO3. The number of rotatable bonds is 2. The first-order valence-electron chi connectivity index (χ1n) is 7.20. The molecule has 0 aromatic heterocycles. The molecule has 2 aromatic rings. The van der Waals surface area contributed by atoms with E-state index in [2.05, 4.69) is 5.32 Å². The number of nitrogens with one attached hydrogen (secondary N) is 1. The number of aryl methyl sites for hydroxylation is 1. The number of hydrogen-bond donors (Lipinski definition) is 1. The third kappa shape index (κ3) is 3.10. The maximum atomic E-state index is 13.6. The fourth-order valence-corrected chi connectivity index (χ4v) is 2.45. The molecule has 124 valence electrons. The van der Waals surface area contributed by atoms with Gasteiger partial charge in [0.2, 0.25) is 5.91 Å². The minimum atomic E-state index is -1.73. The van der Waals surface area contributed by atoms with Crippen LogP contribution >= 0.6 is 0 Å². The molecule has 7 heteroatoms. The molecule has 4 nitrogen and oxygen atoms in total. The Bertz CT molecular complexity index is 836. The smallest absolute Gasteiger partial charge is 0.346 e. The lowest BCUT2D eigenvalue weighted by molar-refractivity contribution is -0.121. The molecule has 0 spiro atoms. The second-order valence-corrected chi connectivity index (χ2v) is 5.32. The summed E-state index contributed by atoms with van der Waals surface area (Å²) in [6, 6.07) is 6.23. The highest BCUT2D eigenvalue weighted by Crippen LogP contribution is 2.23. The van der Waals surface area contributed by atoms with E-state index in [1.165, 1.54) is 6.07 Å². The highest BCUT2D eigenvalue weighted by atomic mass is 19.2. The van der Waals surface area contributed by atoms with Crippen molar-refractivity contribution < 1.29 is 27.5 Å². The van der Waals surface area contributed by atoms with E-state index in [0.29, 0.717) is 25.5 Å². The molecule has 0 unspecified atom stereocenters. The van der Waals surface area contributed by atoms with Crippen LogP contribution in [0.3, 0.4) is 0 Å². The van der Waals surface area contributed by atoms with Gasteiger partial charge in [-0.2, -0.15) is 0 Å². The first-order chi connectivity index (χ1) is 11.5. The number of carbonyl (C=O) groups excluding carboxylic acids is 2. The van der Waals surface area contributed by atoms with E-state index in [4.69, 9.17) is 4.74 Å². The van der Waals surface area contributed by atoms with Crippen LogP contribution in [0, 0.1) is 17.5 Å². The summed E-state index contributed by atoms with van der Waals surface area (Å²) in [7, 11) is 0. The molecule has 1 aliphatic heterocycles. The summed E-state index contributed by atoms with van der Waals surface area (Å²) in [5.74, 6) is -5.77. The minimum Gasteiger partial charge on any atom is -0.423 e. The molecule has 1 aliphatic rings. The highest BCUT2D eigenvalue weighted by Gasteiger charge is 2.21. The van der Waals surface area contributed by atoms with E-state index in [0.717, 1.165) is 17.2 Å². The van der Waals surface area contributed by atoms with Crippen molar-refractivity contribution in [3.63, 3.8) is 0 Å². The Balaban J connectivity index is 1.83. The van der Waals surface area contributed by atoms with Gasteiger partial charge in [0.05, 0.1) is 5.56 Å². The van der Waals surface area contributed by atoms with Crippen LogP contribution in [-0.4, -0.2) is 11.9 Å². The highest BCUT2D eigenvalue weighted by molar-refractivity contribution is 5.91. The van der Waals surface area contributed by atoms with Gasteiger partial charge in [-0.15, -0.1) is 0 Å². The summed E-state index contributed by atoms with van der Waals surface area (Å²) in [6.45, 7) is 0.375. The summed E-state index contributed by atoms with van der Waals surface area (Å²) in [5.41, 5.74) is 1.02. The largest absolute Gasteiger partial charge is 0.423 e. The van der Waals surface area contributed by atoms with E-state index < -0.39 is 29.0 Å². The normalized spacial score (nSPS) is 13.7. The second-order valence-electron chi connectivity index (χ2n) is 5.32. The third-order valence-corrected chi connectivity index (χ3v) is 3.74. The van der Waals surface area contributed by atoms with Crippen molar-refractivity contribution in [2.24, 2.45) is 0 Å². The minimum absolute atomic E-state index is 0.0754. The molecular weight excluding hydrogens is 323 g/mol. The average Bonchev–Trinajstić information content (AvgIpc) is 2.74. The average molecular weight is 335 g/mol. The Kier molecular flexibility index (Phi) is 4.24. The number of carbonyl (C=O) groups is 2. The number of ether oxygens (including phenoxy) is 1. The predicted molar refractivity (Wildman–Crippen MR) is 77.9 cm³/mol. The predicted octanol–water partition coefficient (Wildman–Crippen LogP) is 2.89. The lowest BCUT2D eigenvalue weighted by Crippen LogP contribution is -2.20. The Labute approximate surface area is 135 Å². The van der Waals surface area contributed by atoms with Gasteiger partial charge in [-0.1, -0.05) is 6.07 Å². The Morgan fingerprint density at radius 2 is 1.79 bits per heavy atom. The first kappa shape index (κ1) is 16.0. The van der Waals surface area contributed by atoms with Gasteiger partial charge in [-0.3, -0.25) is 4.79 Å². The standard InChI is InChI=1S/C17H12F3NO3/c18-13-5-4-12(15(19)16(13)20)17(23)24-11-3-1-10-8-21-14(22)6-2-9(10)7-11/h1,3-5,7H,2,6,8H2,(H,21,22). The number of fused-ring (bicyclic) bond motifs is 1. The monoisotopic (exact) mass is 335 g/mol. The fraction of sp³-hybridized carbons (Fsp3) is 0.176. The van der Waals surface area contributed by atoms with Crippen LogP contribution in [0.15, 0.2) is 30.3 Å². The molecule has 1 amide bonds. The van der Waals surface area contributed by atoms with Gasteiger partial charge >= 0.3 is 5.97 Å². The molecule has 2 aromatic carbocycles. The number of hydrogen-bond acceptors (Lipinski definition) is 3. The maximum Gasteiger partial charge on any atom is 0.346 e. The molecule has 0 saturated carbocycles. The number of esters is 1. The van der Waals surface area contributed by atoms with Crippen LogP contribution < -0.4 is 10.1 Å². The van der Waals surface area contributed by atoms with Gasteiger partial charge in [0.1, 0.15) is 5.75 Å². The summed E-state index contributed by atoms with van der Waals surface area (Å²) in [5, 5.41) is 2.73. The van der Waals surface area contributed by atoms with Gasteiger partial charge in [0.15, 0.2) is 17.5 Å². The van der Waals surface area contributed by atoms with Crippen LogP contribution in [-0.2, 0) is 17.8 Å². The fourth-order valence-electron chi connectivity index (χ4n) is 2.45. The topological polar surface area (TPSA) is 55.4 Å². The molecule has 1 N–H and O–H groups in total. The van der Waals surface area contributed by atoms with E-state index in [1.807, 2.05) is 0 Å². The Morgan fingerprint density at radius 1 is 1.00 bits per heavy atom. The quantitative estimate of drug-likeness (QED) is 0.522. The van der Waals surface area contributed by atoms with Crippen molar-refractivity contribution in [2.45, 2.75) is 19.4 Å². The zero-order chi connectivity index (χ0) is 17.3. The van der Waals surface area contributed by atoms with Crippen molar-refractivity contribution in [3.8, 4) is 5.75 Å². The van der Waals surface area contributed by atoms with Gasteiger partial charge in [-0.05, 0) is 41.8 Å². The van der Waals surface area contributed by atoms with Crippen LogP contribution in [0.25, 0.3) is 0 Å². The molecule has 0 radical (unpaired) electrons. The van der Waals surface area contributed by atoms with E-state index >= 15 is 0 Å². The molecule has 0 atom stereocenters. The first-order valence-corrected chi connectivity index (χ1v) is 7.20. The molecule has 1 heterocycles. The van der Waals surface area contributed by atoms with Crippen LogP contribution in [0.4, 0.5) is 13.2 Å². The molecule has 0 fully saturated rings. The van der Waals surface area contributed by atoms with Crippen LogP contribution in [0.5, 0.6) is 5.75 Å². The van der Waals surface area contributed by atoms with E-state index in [-0.39, 0.29) is 11.7 Å². The third-order valence-electron chi connectivity index (χ3n) is 3.74. The zero-order valence-electron chi connectivity index (χ0n) is 12.4. The van der Waals surface area contributed by atoms with Crippen LogP contribution in [0.1, 0.15) is 27.9 Å². The van der Waals surface area contributed by atoms with Gasteiger partial charge in [-0.25, -0.2) is 18.0 Å². The van der Waals surface area contributed by atoms with E-state index in [9.17, 15) is 22.8 Å². The van der Waals surface area contributed by atoms with Gasteiger partial charge < -0.3 is 10.1 Å². The molecule has 0 aliphatic carbocycles. The number of halogens is 3. The van der Waals surface area contributed by atoms with Crippen LogP contribution in [0.2, 0.25) is 0 Å². The maximum absolute atomic E-state index is 13.6. The molecule has 24 heavy (non-hydrogen) atoms. The van der Waals surface area contributed by atoms with Gasteiger partial charge in [0, 0.05) is 13.0 Å². The lowest BCUT2D eigenvalue weighted by Gasteiger charge is -2.10. The summed E-state index contributed by atoms with van der Waals surface area (Å²) in [6.07, 6.45) is 0.786. The van der Waals surface area contributed by atoms with Crippen molar-refractivity contribution in [2.75, 3.05) is 0 Å². The van der Waals surface area contributed by atoms with Crippen molar-refractivity contribution in [1.82, 2.24) is 5.32 Å². The van der Waals surface area contributed by atoms with Gasteiger partial charge in [0.25, 0.3) is 0 Å². The van der Waals surface area contributed by atoms with Crippen molar-refractivity contribution in [3.05, 3.63) is 64.5 Å². The summed E-state index contributed by atoms with van der Waals surface area (Å²) >= 11 is 0. The summed E-state index contributed by atoms with van der Waals surface area (Å²) in [4.78, 5) is 23.4. The molecule has 0 saturated heterocycles. The molecule has 0 bridgehead atoms. The molecule has 3 rings (SSSR count).